The van der Waals surface area contributed by atoms with Crippen LogP contribution in [0.5, 0.6) is 0 Å². The molecule has 0 aliphatic carbocycles. The van der Waals surface area contributed by atoms with E-state index in [1.807, 2.05) is 6.92 Å². The molecule has 1 atom stereocenters. The molecule has 0 amide bonds. The summed E-state index contributed by atoms with van der Waals surface area (Å²) in [5.74, 6) is -0.416. The fraction of sp³-hybridized carbons (Fsp3) is 0.571. The molecule has 1 heterocycles. The van der Waals surface area contributed by atoms with Crippen molar-refractivity contribution in [2.75, 3.05) is 19.6 Å². The molecule has 112 valence electrons. The maximum Gasteiger partial charge on any atom is 0.218 e. The van der Waals surface area contributed by atoms with Crippen LogP contribution in [0.25, 0.3) is 0 Å². The second-order valence-corrected chi connectivity index (χ2v) is 7.06. The van der Waals surface area contributed by atoms with Gasteiger partial charge < -0.3 is 5.32 Å². The molecule has 1 aliphatic heterocycles. The van der Waals surface area contributed by atoms with Gasteiger partial charge in [0.25, 0.3) is 0 Å². The van der Waals surface area contributed by atoms with Crippen molar-refractivity contribution in [3.8, 4) is 0 Å². The predicted octanol–water partition coefficient (Wildman–Crippen LogP) is 1.73. The zero-order chi connectivity index (χ0) is 14.6. The van der Waals surface area contributed by atoms with Crippen molar-refractivity contribution in [3.63, 3.8) is 0 Å². The molecule has 4 nitrogen and oxygen atoms in total. The van der Waals surface area contributed by atoms with Gasteiger partial charge in [0.2, 0.25) is 10.0 Å². The monoisotopic (exact) mass is 300 g/mol. The van der Waals surface area contributed by atoms with Crippen molar-refractivity contribution in [2.24, 2.45) is 0 Å². The van der Waals surface area contributed by atoms with E-state index in [-0.39, 0.29) is 17.6 Å². The molecule has 1 N–H and O–H groups in total. The van der Waals surface area contributed by atoms with E-state index in [9.17, 15) is 12.8 Å². The number of hydrogen-bond donors (Lipinski definition) is 1. The Bertz CT molecular complexity index is 525. The summed E-state index contributed by atoms with van der Waals surface area (Å²) in [5, 5.41) is 3.20. The predicted molar refractivity (Wildman–Crippen MR) is 77.3 cm³/mol. The van der Waals surface area contributed by atoms with Crippen molar-refractivity contribution in [3.05, 3.63) is 35.6 Å². The highest BCUT2D eigenvalue weighted by Crippen LogP contribution is 2.18. The van der Waals surface area contributed by atoms with Crippen molar-refractivity contribution >= 4 is 10.0 Å². The van der Waals surface area contributed by atoms with Crippen LogP contribution in [0.3, 0.4) is 0 Å². The Morgan fingerprint density at radius 1 is 1.35 bits per heavy atom. The van der Waals surface area contributed by atoms with Crippen molar-refractivity contribution in [1.82, 2.24) is 9.62 Å². The zero-order valence-electron chi connectivity index (χ0n) is 11.7. The van der Waals surface area contributed by atoms with Gasteiger partial charge in [-0.15, -0.1) is 0 Å². The number of benzene rings is 1. The Kier molecular flexibility index (Phi) is 5.12. The number of nitrogens with zero attached hydrogens (tertiary/aromatic N) is 1. The van der Waals surface area contributed by atoms with Gasteiger partial charge in [0.05, 0.1) is 5.75 Å². The molecule has 1 aromatic rings. The lowest BCUT2D eigenvalue weighted by atomic mass is 10.2. The molecule has 1 fully saturated rings. The van der Waals surface area contributed by atoms with E-state index in [1.54, 1.807) is 4.31 Å². The number of sulfonamides is 1. The van der Waals surface area contributed by atoms with Gasteiger partial charge in [0.1, 0.15) is 5.82 Å². The third-order valence-corrected chi connectivity index (χ3v) is 5.40. The quantitative estimate of drug-likeness (QED) is 0.870. The summed E-state index contributed by atoms with van der Waals surface area (Å²) in [6, 6.07) is 5.70. The molecule has 0 saturated carbocycles. The van der Waals surface area contributed by atoms with Gasteiger partial charge in [0.15, 0.2) is 0 Å². The summed E-state index contributed by atoms with van der Waals surface area (Å²) < 4.78 is 39.6. The maximum atomic E-state index is 12.9. The van der Waals surface area contributed by atoms with Crippen LogP contribution in [0.1, 0.15) is 25.3 Å². The molecule has 1 aromatic carbocycles. The first-order valence-electron chi connectivity index (χ1n) is 6.97. The normalized spacial score (nSPS) is 19.6. The Morgan fingerprint density at radius 3 is 2.60 bits per heavy atom. The van der Waals surface area contributed by atoms with Gasteiger partial charge in [-0.2, -0.15) is 4.31 Å². The number of rotatable bonds is 6. The van der Waals surface area contributed by atoms with E-state index < -0.39 is 10.0 Å². The van der Waals surface area contributed by atoms with Gasteiger partial charge >= 0.3 is 0 Å². The molecule has 20 heavy (non-hydrogen) atoms. The fourth-order valence-corrected chi connectivity index (χ4v) is 4.40. The van der Waals surface area contributed by atoms with Crippen LogP contribution in [0.2, 0.25) is 0 Å². The zero-order valence-corrected chi connectivity index (χ0v) is 12.5. The van der Waals surface area contributed by atoms with Crippen LogP contribution in [-0.2, 0) is 15.8 Å². The molecule has 6 heteroatoms. The van der Waals surface area contributed by atoms with Gasteiger partial charge in [-0.3, -0.25) is 0 Å². The minimum Gasteiger partial charge on any atom is -0.315 e. The largest absolute Gasteiger partial charge is 0.315 e. The second-order valence-electron chi connectivity index (χ2n) is 5.14. The van der Waals surface area contributed by atoms with Crippen molar-refractivity contribution in [2.45, 2.75) is 31.6 Å². The summed E-state index contributed by atoms with van der Waals surface area (Å²) in [6.07, 6.45) is 1.64. The summed E-state index contributed by atoms with van der Waals surface area (Å²) in [4.78, 5) is 0. The Morgan fingerprint density at radius 2 is 2.05 bits per heavy atom. The molecular formula is C14H21FN2O2S. The molecular weight excluding hydrogens is 279 g/mol. The molecule has 1 unspecified atom stereocenters. The van der Waals surface area contributed by atoms with Gasteiger partial charge in [-0.25, -0.2) is 12.8 Å². The fourth-order valence-electron chi connectivity index (χ4n) is 2.53. The first-order chi connectivity index (χ1) is 9.53. The molecule has 1 saturated heterocycles. The van der Waals surface area contributed by atoms with Crippen LogP contribution in [0.4, 0.5) is 4.39 Å². The minimum absolute atomic E-state index is 0.0420. The van der Waals surface area contributed by atoms with Crippen LogP contribution < -0.4 is 5.32 Å². The van der Waals surface area contributed by atoms with Gasteiger partial charge in [-0.05, 0) is 37.1 Å². The highest BCUT2D eigenvalue weighted by atomic mass is 32.2. The molecule has 2 rings (SSSR count). The number of nitrogens with one attached hydrogen (secondary N) is 1. The van der Waals surface area contributed by atoms with E-state index in [0.29, 0.717) is 18.7 Å². The van der Waals surface area contributed by atoms with Crippen LogP contribution in [-0.4, -0.2) is 38.4 Å². The minimum atomic E-state index is -3.36. The highest BCUT2D eigenvalue weighted by molar-refractivity contribution is 7.88. The summed E-state index contributed by atoms with van der Waals surface area (Å²) in [6.45, 7) is 4.08. The molecule has 1 aliphatic rings. The van der Waals surface area contributed by atoms with E-state index in [4.69, 9.17) is 0 Å². The van der Waals surface area contributed by atoms with E-state index >= 15 is 0 Å². The molecule has 0 aromatic heterocycles. The van der Waals surface area contributed by atoms with Crippen LogP contribution in [0, 0.1) is 5.82 Å². The Hall–Kier alpha value is -0.980. The Balaban J connectivity index is 2.14. The average molecular weight is 300 g/mol. The summed E-state index contributed by atoms with van der Waals surface area (Å²) >= 11 is 0. The lowest BCUT2D eigenvalue weighted by molar-refractivity contribution is 0.334. The third kappa shape index (κ3) is 3.77. The molecule has 0 radical (unpaired) electrons. The number of hydrogen-bond acceptors (Lipinski definition) is 3. The lowest BCUT2D eigenvalue weighted by Gasteiger charge is -2.27. The average Bonchev–Trinajstić information content (AvgIpc) is 2.92. The van der Waals surface area contributed by atoms with Gasteiger partial charge in [-0.1, -0.05) is 19.1 Å². The smallest absolute Gasteiger partial charge is 0.218 e. The lowest BCUT2D eigenvalue weighted by Crippen LogP contribution is -2.42. The summed E-state index contributed by atoms with van der Waals surface area (Å²) in [5.41, 5.74) is 0.624. The molecule has 0 spiro atoms. The second kappa shape index (κ2) is 6.65. The van der Waals surface area contributed by atoms with Crippen LogP contribution >= 0.6 is 0 Å². The first-order valence-corrected chi connectivity index (χ1v) is 8.58. The van der Waals surface area contributed by atoms with Crippen molar-refractivity contribution < 1.29 is 12.8 Å². The maximum absolute atomic E-state index is 12.9. The number of halogens is 1. The Labute approximate surface area is 120 Å². The topological polar surface area (TPSA) is 49.4 Å². The third-order valence-electron chi connectivity index (χ3n) is 3.51. The van der Waals surface area contributed by atoms with Gasteiger partial charge in [0, 0.05) is 19.1 Å². The highest BCUT2D eigenvalue weighted by Gasteiger charge is 2.31. The SMILES string of the molecule is CCCN(C1CCNC1)S(=O)(=O)Cc1ccc(F)cc1. The standard InChI is InChI=1S/C14H21FN2O2S/c1-2-9-17(14-7-8-16-10-14)20(18,19)11-12-3-5-13(15)6-4-12/h3-6,14,16H,2,7-11H2,1H3. The molecule has 0 bridgehead atoms. The van der Waals surface area contributed by atoms with Crippen LogP contribution in [0.15, 0.2) is 24.3 Å². The van der Waals surface area contributed by atoms with E-state index in [0.717, 1.165) is 19.4 Å². The van der Waals surface area contributed by atoms with Crippen molar-refractivity contribution in [1.29, 1.82) is 0 Å². The van der Waals surface area contributed by atoms with E-state index in [1.165, 1.54) is 24.3 Å². The van der Waals surface area contributed by atoms with E-state index in [2.05, 4.69) is 5.32 Å². The summed E-state index contributed by atoms with van der Waals surface area (Å²) in [7, 11) is -3.36. The first kappa shape index (κ1) is 15.4.